The highest BCUT2D eigenvalue weighted by atomic mass is 16.5. The van der Waals surface area contributed by atoms with E-state index in [2.05, 4.69) is 17.0 Å². The first-order valence-corrected chi connectivity index (χ1v) is 10.2. The van der Waals surface area contributed by atoms with Crippen LogP contribution in [0.4, 0.5) is 0 Å². The maximum Gasteiger partial charge on any atom is 0.331 e. The number of hydrogen-bond donors (Lipinski definition) is 0. The van der Waals surface area contributed by atoms with Crippen LogP contribution in [0.25, 0.3) is 6.08 Å². The van der Waals surface area contributed by atoms with E-state index in [1.54, 1.807) is 36.3 Å². The minimum Gasteiger partial charge on any atom is -0.493 e. The molecule has 2 aromatic carbocycles. The summed E-state index contributed by atoms with van der Waals surface area (Å²) in [6.45, 7) is 3.45. The van der Waals surface area contributed by atoms with Crippen LogP contribution in [0.2, 0.25) is 0 Å². The Kier molecular flexibility index (Phi) is 8.06. The van der Waals surface area contributed by atoms with E-state index in [1.165, 1.54) is 18.7 Å². The molecule has 1 heterocycles. The molecule has 0 bridgehead atoms. The normalized spacial score (nSPS) is 14.5. The van der Waals surface area contributed by atoms with Gasteiger partial charge in [0.1, 0.15) is 0 Å². The third-order valence-corrected chi connectivity index (χ3v) is 5.14. The van der Waals surface area contributed by atoms with Crippen molar-refractivity contribution >= 4 is 18.0 Å². The van der Waals surface area contributed by atoms with Crippen molar-refractivity contribution in [1.82, 2.24) is 9.80 Å². The Hall–Kier alpha value is -3.32. The molecule has 0 aliphatic carbocycles. The van der Waals surface area contributed by atoms with Crippen LogP contribution in [-0.2, 0) is 20.9 Å². The molecule has 0 aromatic heterocycles. The van der Waals surface area contributed by atoms with Crippen molar-refractivity contribution in [1.29, 1.82) is 0 Å². The fraction of sp³-hybridized carbons (Fsp3) is 0.333. The summed E-state index contributed by atoms with van der Waals surface area (Å²) in [5.41, 5.74) is 1.94. The molecule has 1 saturated heterocycles. The maximum atomic E-state index is 12.4. The van der Waals surface area contributed by atoms with Crippen molar-refractivity contribution in [2.45, 2.75) is 6.54 Å². The number of amides is 1. The Morgan fingerprint density at radius 1 is 0.935 bits per heavy atom. The van der Waals surface area contributed by atoms with Gasteiger partial charge in [0.25, 0.3) is 5.91 Å². The van der Waals surface area contributed by atoms with Gasteiger partial charge in [0.2, 0.25) is 0 Å². The zero-order chi connectivity index (χ0) is 22.1. The molecule has 0 radical (unpaired) electrons. The first-order valence-electron chi connectivity index (χ1n) is 10.2. The number of para-hydroxylation sites is 1. The predicted octanol–water partition coefficient (Wildman–Crippen LogP) is 2.60. The van der Waals surface area contributed by atoms with Gasteiger partial charge in [-0.1, -0.05) is 42.5 Å². The van der Waals surface area contributed by atoms with Crippen LogP contribution in [0.3, 0.4) is 0 Å². The second-order valence-corrected chi connectivity index (χ2v) is 7.17. The van der Waals surface area contributed by atoms with E-state index in [4.69, 9.17) is 14.2 Å². The molecule has 0 atom stereocenters. The van der Waals surface area contributed by atoms with E-state index in [0.717, 1.165) is 19.6 Å². The largest absolute Gasteiger partial charge is 0.493 e. The standard InChI is InChI=1S/C24H28N2O5/c1-29-21-10-6-9-20(24(21)30-2)11-12-23(28)31-18-22(27)26-15-13-25(14-16-26)17-19-7-4-3-5-8-19/h3-12H,13-18H2,1-2H3/b12-11+. The highest BCUT2D eigenvalue weighted by Gasteiger charge is 2.21. The molecule has 164 valence electrons. The van der Waals surface area contributed by atoms with E-state index < -0.39 is 5.97 Å². The lowest BCUT2D eigenvalue weighted by Gasteiger charge is -2.34. The van der Waals surface area contributed by atoms with Crippen LogP contribution < -0.4 is 9.47 Å². The molecular formula is C24H28N2O5. The molecule has 1 aliphatic rings. The number of rotatable bonds is 8. The molecule has 2 aromatic rings. The predicted molar refractivity (Wildman–Crippen MR) is 118 cm³/mol. The second-order valence-electron chi connectivity index (χ2n) is 7.17. The summed E-state index contributed by atoms with van der Waals surface area (Å²) in [6.07, 6.45) is 2.86. The van der Waals surface area contributed by atoms with E-state index in [1.807, 2.05) is 18.2 Å². The average molecular weight is 424 g/mol. The summed E-state index contributed by atoms with van der Waals surface area (Å²) in [6, 6.07) is 15.6. The minimum absolute atomic E-state index is 0.180. The summed E-state index contributed by atoms with van der Waals surface area (Å²) in [7, 11) is 3.08. The molecule has 7 heteroatoms. The fourth-order valence-electron chi connectivity index (χ4n) is 3.47. The highest BCUT2D eigenvalue weighted by Crippen LogP contribution is 2.31. The van der Waals surface area contributed by atoms with Gasteiger partial charge in [-0.2, -0.15) is 0 Å². The van der Waals surface area contributed by atoms with Gasteiger partial charge in [0.05, 0.1) is 14.2 Å². The molecule has 0 spiro atoms. The van der Waals surface area contributed by atoms with Gasteiger partial charge in [0, 0.05) is 44.4 Å². The van der Waals surface area contributed by atoms with Crippen molar-refractivity contribution in [3.63, 3.8) is 0 Å². The van der Waals surface area contributed by atoms with Crippen LogP contribution in [0.15, 0.2) is 54.6 Å². The fourth-order valence-corrected chi connectivity index (χ4v) is 3.47. The van der Waals surface area contributed by atoms with Gasteiger partial charge in [-0.05, 0) is 17.7 Å². The van der Waals surface area contributed by atoms with E-state index in [0.29, 0.717) is 30.2 Å². The monoisotopic (exact) mass is 424 g/mol. The van der Waals surface area contributed by atoms with Gasteiger partial charge >= 0.3 is 5.97 Å². The summed E-state index contributed by atoms with van der Waals surface area (Å²) in [4.78, 5) is 28.5. The number of benzene rings is 2. The number of piperazine rings is 1. The van der Waals surface area contributed by atoms with Gasteiger partial charge in [-0.25, -0.2) is 4.79 Å². The van der Waals surface area contributed by atoms with Crippen LogP contribution in [-0.4, -0.2) is 68.7 Å². The summed E-state index contributed by atoms with van der Waals surface area (Å²) in [5, 5.41) is 0. The van der Waals surface area contributed by atoms with Gasteiger partial charge in [-0.15, -0.1) is 0 Å². The molecular weight excluding hydrogens is 396 g/mol. The zero-order valence-electron chi connectivity index (χ0n) is 18.0. The van der Waals surface area contributed by atoms with E-state index in [9.17, 15) is 9.59 Å². The lowest BCUT2D eigenvalue weighted by Crippen LogP contribution is -2.49. The second kappa shape index (κ2) is 11.2. The number of esters is 1. The van der Waals surface area contributed by atoms with Crippen molar-refractivity contribution in [3.8, 4) is 11.5 Å². The summed E-state index contributed by atoms with van der Waals surface area (Å²) < 4.78 is 15.7. The van der Waals surface area contributed by atoms with Crippen molar-refractivity contribution in [2.24, 2.45) is 0 Å². The SMILES string of the molecule is COc1cccc(/C=C/C(=O)OCC(=O)N2CCN(Cc3ccccc3)CC2)c1OC. The number of hydrogen-bond acceptors (Lipinski definition) is 6. The van der Waals surface area contributed by atoms with Crippen LogP contribution in [0.5, 0.6) is 11.5 Å². The van der Waals surface area contributed by atoms with Gasteiger partial charge in [-0.3, -0.25) is 9.69 Å². The van der Waals surface area contributed by atoms with Gasteiger partial charge < -0.3 is 19.1 Å². The van der Waals surface area contributed by atoms with Crippen molar-refractivity contribution in [2.75, 3.05) is 47.0 Å². The number of carbonyl (C=O) groups is 2. The first-order chi connectivity index (χ1) is 15.1. The highest BCUT2D eigenvalue weighted by molar-refractivity contribution is 5.90. The third-order valence-electron chi connectivity index (χ3n) is 5.14. The minimum atomic E-state index is -0.582. The number of ether oxygens (including phenoxy) is 3. The molecule has 0 N–H and O–H groups in total. The van der Waals surface area contributed by atoms with E-state index in [-0.39, 0.29) is 12.5 Å². The molecule has 1 aliphatic heterocycles. The molecule has 1 fully saturated rings. The third kappa shape index (κ3) is 6.33. The smallest absolute Gasteiger partial charge is 0.331 e. The Bertz CT molecular complexity index is 905. The lowest BCUT2D eigenvalue weighted by molar-refractivity contribution is -0.149. The quantitative estimate of drug-likeness (QED) is 0.479. The molecule has 31 heavy (non-hydrogen) atoms. The summed E-state index contributed by atoms with van der Waals surface area (Å²) in [5.74, 6) is 0.333. The first kappa shape index (κ1) is 22.4. The zero-order valence-corrected chi connectivity index (χ0v) is 18.0. The molecule has 3 rings (SSSR count). The lowest BCUT2D eigenvalue weighted by atomic mass is 10.1. The van der Waals surface area contributed by atoms with Crippen LogP contribution in [0.1, 0.15) is 11.1 Å². The van der Waals surface area contributed by atoms with Gasteiger partial charge in [0.15, 0.2) is 18.1 Å². The summed E-state index contributed by atoms with van der Waals surface area (Å²) >= 11 is 0. The average Bonchev–Trinajstić information content (AvgIpc) is 2.81. The van der Waals surface area contributed by atoms with Crippen molar-refractivity contribution in [3.05, 3.63) is 65.7 Å². The topological polar surface area (TPSA) is 68.3 Å². The van der Waals surface area contributed by atoms with Crippen molar-refractivity contribution < 1.29 is 23.8 Å². The Labute approximate surface area is 182 Å². The Morgan fingerprint density at radius 2 is 1.68 bits per heavy atom. The number of carbonyl (C=O) groups excluding carboxylic acids is 2. The number of methoxy groups -OCH3 is 2. The molecule has 0 saturated carbocycles. The van der Waals surface area contributed by atoms with Crippen LogP contribution in [0, 0.1) is 0 Å². The maximum absolute atomic E-state index is 12.4. The number of nitrogens with zero attached hydrogens (tertiary/aromatic N) is 2. The molecule has 7 nitrogen and oxygen atoms in total. The molecule has 0 unspecified atom stereocenters. The van der Waals surface area contributed by atoms with E-state index >= 15 is 0 Å². The Balaban J connectivity index is 1.44. The van der Waals surface area contributed by atoms with Crippen LogP contribution >= 0.6 is 0 Å². The molecule has 1 amide bonds. The Morgan fingerprint density at radius 3 is 2.35 bits per heavy atom.